The number of alkyl halides is 3. The van der Waals surface area contributed by atoms with Crippen LogP contribution in [0.4, 0.5) is 17.6 Å². The topological polar surface area (TPSA) is 70.1 Å². The molecule has 0 aromatic heterocycles. The number of carboxylic acids is 1. The SMILES string of the molecule is CC(C)Oc1ccc(CC(=O)N(Cc2ccc(F)cc2Cl)C2CCN(C)CC2)cc1.O=C(O)C(F)(F)F. The van der Waals surface area contributed by atoms with E-state index in [0.717, 1.165) is 42.8 Å². The average molecular weight is 547 g/mol. The van der Waals surface area contributed by atoms with Gasteiger partial charge in [0.1, 0.15) is 11.6 Å². The van der Waals surface area contributed by atoms with Crippen LogP contribution in [0.1, 0.15) is 37.8 Å². The Labute approximate surface area is 218 Å². The number of ether oxygens (including phenoxy) is 1. The van der Waals surface area contributed by atoms with Crippen molar-refractivity contribution in [3.05, 3.63) is 64.4 Å². The van der Waals surface area contributed by atoms with E-state index in [1.807, 2.05) is 43.0 Å². The molecule has 37 heavy (non-hydrogen) atoms. The second kappa shape index (κ2) is 13.6. The highest BCUT2D eigenvalue weighted by Crippen LogP contribution is 2.25. The number of hydrogen-bond acceptors (Lipinski definition) is 4. The van der Waals surface area contributed by atoms with Crippen molar-refractivity contribution in [1.29, 1.82) is 0 Å². The molecule has 0 bridgehead atoms. The summed E-state index contributed by atoms with van der Waals surface area (Å²) >= 11 is 6.26. The first-order chi connectivity index (χ1) is 17.3. The molecule has 1 N–H and O–H groups in total. The molecule has 0 saturated carbocycles. The van der Waals surface area contributed by atoms with Crippen molar-refractivity contribution in [1.82, 2.24) is 9.80 Å². The summed E-state index contributed by atoms with van der Waals surface area (Å²) in [5.41, 5.74) is 1.71. The van der Waals surface area contributed by atoms with E-state index >= 15 is 0 Å². The average Bonchev–Trinajstić information content (AvgIpc) is 2.80. The maximum Gasteiger partial charge on any atom is 0.490 e. The monoisotopic (exact) mass is 546 g/mol. The largest absolute Gasteiger partial charge is 0.491 e. The summed E-state index contributed by atoms with van der Waals surface area (Å²) in [4.78, 5) is 26.4. The Balaban J connectivity index is 0.000000604. The fourth-order valence-electron chi connectivity index (χ4n) is 3.80. The van der Waals surface area contributed by atoms with Crippen molar-refractivity contribution < 1.29 is 37.0 Å². The van der Waals surface area contributed by atoms with Crippen molar-refractivity contribution in [3.63, 3.8) is 0 Å². The lowest BCUT2D eigenvalue weighted by Crippen LogP contribution is -2.46. The zero-order valence-electron chi connectivity index (χ0n) is 20.9. The second-order valence-corrected chi connectivity index (χ2v) is 9.49. The molecule has 0 radical (unpaired) electrons. The van der Waals surface area contributed by atoms with Gasteiger partial charge in [0.25, 0.3) is 0 Å². The van der Waals surface area contributed by atoms with Crippen LogP contribution in [0.3, 0.4) is 0 Å². The van der Waals surface area contributed by atoms with Gasteiger partial charge in [-0.2, -0.15) is 13.2 Å². The van der Waals surface area contributed by atoms with Crippen molar-refractivity contribution in [2.45, 2.75) is 58.0 Å². The van der Waals surface area contributed by atoms with Gasteiger partial charge in [-0.3, -0.25) is 4.79 Å². The van der Waals surface area contributed by atoms with Gasteiger partial charge in [0.15, 0.2) is 0 Å². The Morgan fingerprint density at radius 1 is 1.14 bits per heavy atom. The molecule has 1 aliphatic heterocycles. The van der Waals surface area contributed by atoms with Gasteiger partial charge in [-0.15, -0.1) is 0 Å². The number of piperidine rings is 1. The number of benzene rings is 2. The lowest BCUT2D eigenvalue weighted by molar-refractivity contribution is -0.192. The van der Waals surface area contributed by atoms with E-state index in [1.54, 1.807) is 6.07 Å². The zero-order valence-corrected chi connectivity index (χ0v) is 21.7. The highest BCUT2D eigenvalue weighted by molar-refractivity contribution is 6.31. The van der Waals surface area contributed by atoms with E-state index in [1.165, 1.54) is 12.1 Å². The van der Waals surface area contributed by atoms with Crippen LogP contribution in [0.25, 0.3) is 0 Å². The molecule has 3 rings (SSSR count). The molecule has 11 heteroatoms. The normalized spacial score (nSPS) is 14.6. The maximum absolute atomic E-state index is 13.5. The summed E-state index contributed by atoms with van der Waals surface area (Å²) in [6, 6.07) is 12.2. The van der Waals surface area contributed by atoms with Crippen molar-refractivity contribution in [2.24, 2.45) is 0 Å². The maximum atomic E-state index is 13.5. The summed E-state index contributed by atoms with van der Waals surface area (Å²) in [5.74, 6) is -2.27. The minimum absolute atomic E-state index is 0.0578. The molecule has 0 aliphatic carbocycles. The summed E-state index contributed by atoms with van der Waals surface area (Å²) < 4.78 is 50.9. The highest BCUT2D eigenvalue weighted by atomic mass is 35.5. The number of carbonyl (C=O) groups excluding carboxylic acids is 1. The van der Waals surface area contributed by atoms with Crippen LogP contribution >= 0.6 is 11.6 Å². The molecule has 0 unspecified atom stereocenters. The molecule has 6 nitrogen and oxygen atoms in total. The minimum atomic E-state index is -5.08. The second-order valence-electron chi connectivity index (χ2n) is 9.08. The van der Waals surface area contributed by atoms with Crippen LogP contribution in [0.15, 0.2) is 42.5 Å². The number of likely N-dealkylation sites (tertiary alicyclic amines) is 1. The van der Waals surface area contributed by atoms with Gasteiger partial charge in [-0.05, 0) is 82.2 Å². The summed E-state index contributed by atoms with van der Waals surface area (Å²) in [6.45, 7) is 6.26. The fourth-order valence-corrected chi connectivity index (χ4v) is 4.02. The first-order valence-corrected chi connectivity index (χ1v) is 12.1. The summed E-state index contributed by atoms with van der Waals surface area (Å²) in [7, 11) is 2.10. The summed E-state index contributed by atoms with van der Waals surface area (Å²) in [6.07, 6.45) is -2.82. The number of nitrogens with zero attached hydrogens (tertiary/aromatic N) is 2. The van der Waals surface area contributed by atoms with Crippen LogP contribution in [0.2, 0.25) is 5.02 Å². The quantitative estimate of drug-likeness (QED) is 0.460. The molecule has 2 aromatic carbocycles. The minimum Gasteiger partial charge on any atom is -0.491 e. The van der Waals surface area contributed by atoms with Crippen LogP contribution in [-0.4, -0.2) is 65.2 Å². The third-order valence-electron chi connectivity index (χ3n) is 5.70. The van der Waals surface area contributed by atoms with E-state index in [4.69, 9.17) is 26.2 Å². The number of rotatable bonds is 7. The lowest BCUT2D eigenvalue weighted by atomic mass is 10.0. The first-order valence-electron chi connectivity index (χ1n) is 11.7. The number of hydrogen-bond donors (Lipinski definition) is 1. The number of amides is 1. The number of aliphatic carboxylic acids is 1. The molecule has 1 fully saturated rings. The number of halogens is 5. The van der Waals surface area contributed by atoms with Crippen LogP contribution in [0, 0.1) is 5.82 Å². The molecule has 1 saturated heterocycles. The third-order valence-corrected chi connectivity index (χ3v) is 6.05. The van der Waals surface area contributed by atoms with Gasteiger partial charge in [0, 0.05) is 17.6 Å². The number of carboxylic acid groups (broad SMARTS) is 1. The van der Waals surface area contributed by atoms with E-state index in [9.17, 15) is 22.4 Å². The van der Waals surface area contributed by atoms with E-state index in [2.05, 4.69) is 11.9 Å². The summed E-state index contributed by atoms with van der Waals surface area (Å²) in [5, 5.41) is 7.48. The highest BCUT2D eigenvalue weighted by Gasteiger charge is 2.38. The molecule has 204 valence electrons. The molecule has 0 spiro atoms. The van der Waals surface area contributed by atoms with E-state index in [0.29, 0.717) is 18.0 Å². The Kier molecular flexibility index (Phi) is 11.2. The lowest BCUT2D eigenvalue weighted by Gasteiger charge is -2.37. The molecule has 1 aliphatic rings. The molecule has 1 heterocycles. The van der Waals surface area contributed by atoms with Gasteiger partial charge in [-0.1, -0.05) is 29.8 Å². The van der Waals surface area contributed by atoms with Crippen LogP contribution in [-0.2, 0) is 22.6 Å². The van der Waals surface area contributed by atoms with Crippen LogP contribution in [0.5, 0.6) is 5.75 Å². The van der Waals surface area contributed by atoms with E-state index < -0.39 is 12.1 Å². The van der Waals surface area contributed by atoms with Crippen molar-refractivity contribution in [3.8, 4) is 5.75 Å². The zero-order chi connectivity index (χ0) is 27.8. The first kappa shape index (κ1) is 30.4. The van der Waals surface area contributed by atoms with Gasteiger partial charge in [0.05, 0.1) is 12.5 Å². The Morgan fingerprint density at radius 3 is 2.19 bits per heavy atom. The Bertz CT molecular complexity index is 1040. The Morgan fingerprint density at radius 2 is 1.70 bits per heavy atom. The van der Waals surface area contributed by atoms with Gasteiger partial charge >= 0.3 is 12.1 Å². The van der Waals surface area contributed by atoms with Gasteiger partial charge in [0.2, 0.25) is 5.91 Å². The number of carbonyl (C=O) groups is 2. The third kappa shape index (κ3) is 10.2. The molecular weight excluding hydrogens is 516 g/mol. The van der Waals surface area contributed by atoms with Gasteiger partial charge in [-0.25, -0.2) is 9.18 Å². The fraction of sp³-hybridized carbons (Fsp3) is 0.462. The Hall–Kier alpha value is -2.85. The molecule has 1 amide bonds. The molecule has 2 aromatic rings. The van der Waals surface area contributed by atoms with E-state index in [-0.39, 0.29) is 23.9 Å². The predicted molar refractivity (Wildman–Crippen MR) is 132 cm³/mol. The van der Waals surface area contributed by atoms with Crippen molar-refractivity contribution >= 4 is 23.5 Å². The smallest absolute Gasteiger partial charge is 0.490 e. The van der Waals surface area contributed by atoms with Crippen molar-refractivity contribution in [2.75, 3.05) is 20.1 Å². The standard InChI is InChI=1S/C24H30ClFN2O2.C2HF3O2/c1-17(2)30-22-8-4-18(5-9-22)14-24(29)28(21-10-12-27(3)13-11-21)16-19-6-7-20(26)15-23(19)25;3-2(4,5)1(6)7/h4-9,15,17,21H,10-14,16H2,1-3H3;(H,6,7). The van der Waals surface area contributed by atoms with Crippen LogP contribution < -0.4 is 4.74 Å². The molecular formula is C26H31ClF4N2O4. The predicted octanol–water partition coefficient (Wildman–Crippen LogP) is 5.57. The molecule has 0 atom stereocenters. The van der Waals surface area contributed by atoms with Gasteiger partial charge < -0.3 is 19.6 Å².